The molecule has 1 amide bonds. The van der Waals surface area contributed by atoms with Crippen molar-refractivity contribution in [2.24, 2.45) is 0 Å². The summed E-state index contributed by atoms with van der Waals surface area (Å²) in [6, 6.07) is 1.61. The molecule has 136 valence electrons. The lowest BCUT2D eigenvalue weighted by Gasteiger charge is -2.12. The SMILES string of the molecule is COc1cc(C=CC(=O)N[C@@H](CCC(=O)O)C(=O)O)cc(OC)c1O. The number of amides is 1. The predicted octanol–water partition coefficient (Wildman–Crippen LogP) is 0.857. The topological polar surface area (TPSA) is 142 Å². The van der Waals surface area contributed by atoms with E-state index < -0.39 is 23.9 Å². The lowest BCUT2D eigenvalue weighted by molar-refractivity contribution is -0.142. The van der Waals surface area contributed by atoms with Gasteiger partial charge in [0.1, 0.15) is 6.04 Å². The number of benzene rings is 1. The molecule has 0 aliphatic carbocycles. The molecule has 0 saturated carbocycles. The van der Waals surface area contributed by atoms with E-state index in [0.717, 1.165) is 6.08 Å². The Kier molecular flexibility index (Phi) is 7.26. The van der Waals surface area contributed by atoms with Crippen LogP contribution in [0.1, 0.15) is 18.4 Å². The molecular weight excluding hydrogens is 334 g/mol. The molecule has 0 aliphatic heterocycles. The van der Waals surface area contributed by atoms with Gasteiger partial charge < -0.3 is 30.1 Å². The van der Waals surface area contributed by atoms with Crippen LogP contribution in [0.25, 0.3) is 6.08 Å². The number of phenols is 1. The van der Waals surface area contributed by atoms with Gasteiger partial charge >= 0.3 is 11.9 Å². The van der Waals surface area contributed by atoms with Gasteiger partial charge in [-0.25, -0.2) is 4.79 Å². The molecular formula is C16H19NO8. The van der Waals surface area contributed by atoms with Gasteiger partial charge in [-0.2, -0.15) is 0 Å². The summed E-state index contributed by atoms with van der Waals surface area (Å²) in [7, 11) is 2.71. The van der Waals surface area contributed by atoms with Gasteiger partial charge in [0.2, 0.25) is 11.7 Å². The van der Waals surface area contributed by atoms with Crippen LogP contribution in [0, 0.1) is 0 Å². The van der Waals surface area contributed by atoms with Crippen LogP contribution < -0.4 is 14.8 Å². The van der Waals surface area contributed by atoms with Crippen molar-refractivity contribution in [2.45, 2.75) is 18.9 Å². The fraction of sp³-hybridized carbons (Fsp3) is 0.312. The molecule has 4 N–H and O–H groups in total. The zero-order valence-electron chi connectivity index (χ0n) is 13.7. The van der Waals surface area contributed by atoms with Crippen LogP contribution >= 0.6 is 0 Å². The summed E-state index contributed by atoms with van der Waals surface area (Å²) in [5.41, 5.74) is 0.471. The van der Waals surface area contributed by atoms with E-state index >= 15 is 0 Å². The third-order valence-corrected chi connectivity index (χ3v) is 3.19. The molecule has 1 atom stereocenters. The van der Waals surface area contributed by atoms with Crippen molar-refractivity contribution in [1.82, 2.24) is 5.32 Å². The summed E-state index contributed by atoms with van der Waals surface area (Å²) >= 11 is 0. The van der Waals surface area contributed by atoms with Gasteiger partial charge in [-0.3, -0.25) is 9.59 Å². The number of hydrogen-bond acceptors (Lipinski definition) is 6. The largest absolute Gasteiger partial charge is 0.502 e. The van der Waals surface area contributed by atoms with Gasteiger partial charge in [0.25, 0.3) is 0 Å². The molecule has 0 bridgehead atoms. The molecule has 0 fully saturated rings. The van der Waals surface area contributed by atoms with E-state index in [9.17, 15) is 19.5 Å². The van der Waals surface area contributed by atoms with Crippen molar-refractivity contribution in [1.29, 1.82) is 0 Å². The van der Waals surface area contributed by atoms with Crippen LogP contribution in [0.15, 0.2) is 18.2 Å². The first-order chi connectivity index (χ1) is 11.8. The number of phenolic OH excluding ortho intramolecular Hbond substituents is 1. The molecule has 1 aromatic rings. The fourth-order valence-electron chi connectivity index (χ4n) is 1.93. The highest BCUT2D eigenvalue weighted by Gasteiger charge is 2.20. The number of aromatic hydroxyl groups is 1. The molecule has 0 unspecified atom stereocenters. The summed E-state index contributed by atoms with van der Waals surface area (Å²) < 4.78 is 9.98. The van der Waals surface area contributed by atoms with Crippen molar-refractivity contribution in [3.8, 4) is 17.2 Å². The van der Waals surface area contributed by atoms with Crippen molar-refractivity contribution in [3.05, 3.63) is 23.8 Å². The Labute approximate surface area is 143 Å². The van der Waals surface area contributed by atoms with Crippen molar-refractivity contribution in [2.75, 3.05) is 14.2 Å². The molecule has 0 heterocycles. The van der Waals surface area contributed by atoms with E-state index in [0.29, 0.717) is 5.56 Å². The Morgan fingerprint density at radius 2 is 1.72 bits per heavy atom. The van der Waals surface area contributed by atoms with Crippen LogP contribution in [0.3, 0.4) is 0 Å². The minimum atomic E-state index is -1.32. The van der Waals surface area contributed by atoms with Crippen LogP contribution in [0.2, 0.25) is 0 Å². The number of rotatable bonds is 9. The maximum absolute atomic E-state index is 11.8. The first-order valence-electron chi connectivity index (χ1n) is 7.16. The highest BCUT2D eigenvalue weighted by molar-refractivity contribution is 5.94. The minimum Gasteiger partial charge on any atom is -0.502 e. The molecule has 25 heavy (non-hydrogen) atoms. The molecule has 0 saturated heterocycles. The lowest BCUT2D eigenvalue weighted by atomic mass is 10.1. The average molecular weight is 353 g/mol. The van der Waals surface area contributed by atoms with Crippen LogP contribution in [0.4, 0.5) is 0 Å². The van der Waals surface area contributed by atoms with Gasteiger partial charge in [0.15, 0.2) is 11.5 Å². The maximum Gasteiger partial charge on any atom is 0.326 e. The fourth-order valence-corrected chi connectivity index (χ4v) is 1.93. The number of nitrogens with one attached hydrogen (secondary N) is 1. The highest BCUT2D eigenvalue weighted by Crippen LogP contribution is 2.37. The van der Waals surface area contributed by atoms with E-state index in [1.165, 1.54) is 32.4 Å². The normalized spacial score (nSPS) is 11.8. The Morgan fingerprint density at radius 1 is 1.16 bits per heavy atom. The second-order valence-electron chi connectivity index (χ2n) is 4.94. The quantitative estimate of drug-likeness (QED) is 0.479. The van der Waals surface area contributed by atoms with Crippen molar-refractivity contribution in [3.63, 3.8) is 0 Å². The van der Waals surface area contributed by atoms with Gasteiger partial charge in [-0.15, -0.1) is 0 Å². The van der Waals surface area contributed by atoms with Crippen molar-refractivity contribution < 1.29 is 39.2 Å². The number of ether oxygens (including phenoxy) is 2. The molecule has 9 nitrogen and oxygen atoms in total. The van der Waals surface area contributed by atoms with Gasteiger partial charge in [0.05, 0.1) is 14.2 Å². The second-order valence-corrected chi connectivity index (χ2v) is 4.94. The maximum atomic E-state index is 11.8. The molecule has 0 aliphatic rings. The highest BCUT2D eigenvalue weighted by atomic mass is 16.5. The Balaban J connectivity index is 2.84. The van der Waals surface area contributed by atoms with Crippen molar-refractivity contribution >= 4 is 23.9 Å². The van der Waals surface area contributed by atoms with Crippen LogP contribution in [0.5, 0.6) is 17.2 Å². The Bertz CT molecular complexity index is 658. The number of carboxylic acids is 2. The van der Waals surface area contributed by atoms with Gasteiger partial charge in [0, 0.05) is 12.5 Å². The second kappa shape index (κ2) is 9.16. The van der Waals surface area contributed by atoms with Gasteiger partial charge in [-0.1, -0.05) is 0 Å². The Hall–Kier alpha value is -3.23. The zero-order valence-corrected chi connectivity index (χ0v) is 13.7. The smallest absolute Gasteiger partial charge is 0.326 e. The van der Waals surface area contributed by atoms with E-state index in [4.69, 9.17) is 19.7 Å². The molecule has 0 aromatic heterocycles. The lowest BCUT2D eigenvalue weighted by Crippen LogP contribution is -2.40. The summed E-state index contributed by atoms with van der Waals surface area (Å²) in [5.74, 6) is -3.08. The van der Waals surface area contributed by atoms with Gasteiger partial charge in [-0.05, 0) is 30.2 Å². The summed E-state index contributed by atoms with van der Waals surface area (Å²) in [5, 5.41) is 29.6. The predicted molar refractivity (Wildman–Crippen MR) is 86.7 cm³/mol. The van der Waals surface area contributed by atoms with E-state index in [2.05, 4.69) is 5.32 Å². The molecule has 1 rings (SSSR count). The number of methoxy groups -OCH3 is 2. The number of carbonyl (C=O) groups excluding carboxylic acids is 1. The molecule has 0 spiro atoms. The number of aliphatic carboxylic acids is 2. The summed E-state index contributed by atoms with van der Waals surface area (Å²) in [4.78, 5) is 33.4. The molecule has 1 aromatic carbocycles. The molecule has 9 heteroatoms. The third kappa shape index (κ3) is 6.05. The molecule has 0 radical (unpaired) electrons. The summed E-state index contributed by atoms with van der Waals surface area (Å²) in [6.45, 7) is 0. The zero-order chi connectivity index (χ0) is 19.0. The summed E-state index contributed by atoms with van der Waals surface area (Å²) in [6.07, 6.45) is 1.84. The third-order valence-electron chi connectivity index (χ3n) is 3.19. The van der Waals surface area contributed by atoms with E-state index in [1.54, 1.807) is 0 Å². The number of carbonyl (C=O) groups is 3. The standard InChI is InChI=1S/C16H19NO8/c1-24-11-7-9(8-12(25-2)15(11)21)3-5-13(18)17-10(16(22)23)4-6-14(19)20/h3,5,7-8,10,21H,4,6H2,1-2H3,(H,17,18)(H,19,20)(H,22,23)/t10-/m0/s1. The van der Waals surface area contributed by atoms with E-state index in [1.807, 2.05) is 0 Å². The minimum absolute atomic E-state index is 0.143. The van der Waals surface area contributed by atoms with E-state index in [-0.39, 0.29) is 30.1 Å². The first-order valence-corrected chi connectivity index (χ1v) is 7.16. The number of carboxylic acid groups (broad SMARTS) is 2. The Morgan fingerprint density at radius 3 is 2.16 bits per heavy atom. The van der Waals surface area contributed by atoms with Crippen LogP contribution in [-0.4, -0.2) is 53.4 Å². The average Bonchev–Trinajstić information content (AvgIpc) is 2.57. The monoisotopic (exact) mass is 353 g/mol. The van der Waals surface area contributed by atoms with Crippen LogP contribution in [-0.2, 0) is 14.4 Å². The number of hydrogen-bond donors (Lipinski definition) is 4. The first kappa shape index (κ1) is 19.8.